The summed E-state index contributed by atoms with van der Waals surface area (Å²) in [5.41, 5.74) is 6.48. The molecule has 0 saturated heterocycles. The molecular formula is C10H14ClN3O3. The summed E-state index contributed by atoms with van der Waals surface area (Å²) in [7, 11) is 1.53. The molecule has 0 spiro atoms. The Morgan fingerprint density at radius 2 is 2.00 bits per heavy atom. The van der Waals surface area contributed by atoms with Gasteiger partial charge in [-0.2, -0.15) is 0 Å². The van der Waals surface area contributed by atoms with E-state index in [1.165, 1.54) is 19.2 Å². The fraction of sp³-hybridized carbons (Fsp3) is 0.300. The Morgan fingerprint density at radius 3 is 2.41 bits per heavy atom. The average molecular weight is 260 g/mol. The highest BCUT2D eigenvalue weighted by molar-refractivity contribution is 5.85. The van der Waals surface area contributed by atoms with Crippen LogP contribution in [0.25, 0.3) is 0 Å². The minimum Gasteiger partial charge on any atom is -0.359 e. The van der Waals surface area contributed by atoms with Gasteiger partial charge in [0.25, 0.3) is 5.69 Å². The first-order valence-corrected chi connectivity index (χ1v) is 4.75. The molecule has 0 bridgehead atoms. The third kappa shape index (κ3) is 4.38. The zero-order valence-electron chi connectivity index (χ0n) is 9.25. The van der Waals surface area contributed by atoms with Crippen molar-refractivity contribution in [2.24, 2.45) is 5.73 Å². The highest BCUT2D eigenvalue weighted by Crippen LogP contribution is 2.18. The van der Waals surface area contributed by atoms with Gasteiger partial charge in [-0.15, -0.1) is 12.4 Å². The molecule has 1 atom stereocenters. The Morgan fingerprint density at radius 1 is 1.47 bits per heavy atom. The molecule has 1 aromatic rings. The molecule has 1 aromatic carbocycles. The highest BCUT2D eigenvalue weighted by Gasteiger charge is 2.12. The second-order valence-corrected chi connectivity index (χ2v) is 3.33. The van der Waals surface area contributed by atoms with Crippen LogP contribution in [-0.2, 0) is 4.79 Å². The van der Waals surface area contributed by atoms with E-state index in [0.717, 1.165) is 0 Å². The summed E-state index contributed by atoms with van der Waals surface area (Å²) in [6.45, 7) is 0. The van der Waals surface area contributed by atoms with Crippen molar-refractivity contribution in [3.05, 3.63) is 39.9 Å². The van der Waals surface area contributed by atoms with E-state index >= 15 is 0 Å². The highest BCUT2D eigenvalue weighted by atomic mass is 35.5. The fourth-order valence-corrected chi connectivity index (χ4v) is 1.26. The van der Waals surface area contributed by atoms with Crippen LogP contribution in [-0.4, -0.2) is 17.9 Å². The van der Waals surface area contributed by atoms with E-state index in [-0.39, 0.29) is 30.4 Å². The van der Waals surface area contributed by atoms with Gasteiger partial charge in [0.15, 0.2) is 0 Å². The summed E-state index contributed by atoms with van der Waals surface area (Å²) in [5, 5.41) is 12.9. The van der Waals surface area contributed by atoms with Gasteiger partial charge in [-0.1, -0.05) is 12.1 Å². The smallest absolute Gasteiger partial charge is 0.269 e. The van der Waals surface area contributed by atoms with Gasteiger partial charge in [-0.05, 0) is 5.56 Å². The predicted molar refractivity (Wildman–Crippen MR) is 66.0 cm³/mol. The van der Waals surface area contributed by atoms with E-state index in [9.17, 15) is 14.9 Å². The van der Waals surface area contributed by atoms with E-state index in [1.54, 1.807) is 12.1 Å². The lowest BCUT2D eigenvalue weighted by molar-refractivity contribution is -0.384. The molecule has 0 saturated carbocycles. The number of nitro groups is 1. The van der Waals surface area contributed by atoms with Crippen molar-refractivity contribution < 1.29 is 9.72 Å². The van der Waals surface area contributed by atoms with Crippen LogP contribution >= 0.6 is 12.4 Å². The number of amides is 1. The van der Waals surface area contributed by atoms with Gasteiger partial charge in [0, 0.05) is 31.6 Å². The molecule has 3 N–H and O–H groups in total. The summed E-state index contributed by atoms with van der Waals surface area (Å²) in [5.74, 6) is -0.161. The first kappa shape index (κ1) is 15.3. The second kappa shape index (κ2) is 6.82. The SMILES string of the molecule is CNC(=O)CC(N)c1ccc([N+](=O)[O-])cc1.Cl. The third-order valence-corrected chi connectivity index (χ3v) is 2.22. The third-order valence-electron chi connectivity index (χ3n) is 2.22. The molecule has 0 aliphatic heterocycles. The van der Waals surface area contributed by atoms with Gasteiger partial charge in [-0.25, -0.2) is 0 Å². The molecule has 0 aliphatic carbocycles. The lowest BCUT2D eigenvalue weighted by Gasteiger charge is -2.10. The van der Waals surface area contributed by atoms with Crippen LogP contribution in [0.3, 0.4) is 0 Å². The zero-order chi connectivity index (χ0) is 12.1. The number of rotatable bonds is 4. The maximum Gasteiger partial charge on any atom is 0.269 e. The first-order valence-electron chi connectivity index (χ1n) is 4.75. The van der Waals surface area contributed by atoms with Crippen molar-refractivity contribution in [3.63, 3.8) is 0 Å². The van der Waals surface area contributed by atoms with E-state index < -0.39 is 11.0 Å². The van der Waals surface area contributed by atoms with E-state index in [0.29, 0.717) is 5.56 Å². The number of carbonyl (C=O) groups is 1. The molecule has 6 nitrogen and oxygen atoms in total. The second-order valence-electron chi connectivity index (χ2n) is 3.33. The van der Waals surface area contributed by atoms with Crippen molar-refractivity contribution in [2.45, 2.75) is 12.5 Å². The largest absolute Gasteiger partial charge is 0.359 e. The minimum atomic E-state index is -0.478. The summed E-state index contributed by atoms with van der Waals surface area (Å²) in [6.07, 6.45) is 0.161. The van der Waals surface area contributed by atoms with Crippen LogP contribution in [0.1, 0.15) is 18.0 Å². The maximum atomic E-state index is 11.1. The molecule has 1 amide bonds. The van der Waals surface area contributed by atoms with Crippen molar-refractivity contribution >= 4 is 24.0 Å². The summed E-state index contributed by atoms with van der Waals surface area (Å²) < 4.78 is 0. The molecule has 94 valence electrons. The summed E-state index contributed by atoms with van der Waals surface area (Å²) in [6, 6.07) is 5.43. The molecule has 0 heterocycles. The van der Waals surface area contributed by atoms with E-state index in [2.05, 4.69) is 5.32 Å². The Labute approximate surface area is 105 Å². The average Bonchev–Trinajstić information content (AvgIpc) is 2.28. The number of benzene rings is 1. The number of hydrogen-bond donors (Lipinski definition) is 2. The monoisotopic (exact) mass is 259 g/mol. The number of halogens is 1. The number of nitrogens with two attached hydrogens (primary N) is 1. The molecule has 0 aromatic heterocycles. The zero-order valence-corrected chi connectivity index (χ0v) is 10.1. The van der Waals surface area contributed by atoms with Gasteiger partial charge in [0.2, 0.25) is 5.91 Å². The van der Waals surface area contributed by atoms with E-state index in [1.807, 2.05) is 0 Å². The number of carbonyl (C=O) groups excluding carboxylic acids is 1. The van der Waals surface area contributed by atoms with Crippen LogP contribution in [0.2, 0.25) is 0 Å². The Balaban J connectivity index is 0.00000256. The molecule has 0 radical (unpaired) electrons. The van der Waals surface area contributed by atoms with Crippen molar-refractivity contribution in [1.82, 2.24) is 5.32 Å². The predicted octanol–water partition coefficient (Wildman–Crippen LogP) is 1.15. The maximum absolute atomic E-state index is 11.1. The quantitative estimate of drug-likeness (QED) is 0.626. The Hall–Kier alpha value is -1.66. The van der Waals surface area contributed by atoms with Crippen molar-refractivity contribution in [2.75, 3.05) is 7.05 Å². The van der Waals surface area contributed by atoms with Crippen LogP contribution < -0.4 is 11.1 Å². The summed E-state index contributed by atoms with van der Waals surface area (Å²) in [4.78, 5) is 21.0. The van der Waals surface area contributed by atoms with Crippen molar-refractivity contribution in [3.8, 4) is 0 Å². The van der Waals surface area contributed by atoms with Gasteiger partial charge in [0.05, 0.1) is 4.92 Å². The van der Waals surface area contributed by atoms with Crippen LogP contribution in [0, 0.1) is 10.1 Å². The number of hydrogen-bond acceptors (Lipinski definition) is 4. The molecule has 1 rings (SSSR count). The molecule has 7 heteroatoms. The molecule has 1 unspecified atom stereocenters. The first-order chi connectivity index (χ1) is 7.54. The molecule has 0 fully saturated rings. The van der Waals surface area contributed by atoms with Gasteiger partial charge in [-0.3, -0.25) is 14.9 Å². The van der Waals surface area contributed by atoms with Crippen LogP contribution in [0.4, 0.5) is 5.69 Å². The van der Waals surface area contributed by atoms with Gasteiger partial charge < -0.3 is 11.1 Å². The molecular weight excluding hydrogens is 246 g/mol. The molecule has 0 aliphatic rings. The standard InChI is InChI=1S/C10H13N3O3.ClH/c1-12-10(14)6-9(11)7-2-4-8(5-3-7)13(15)16;/h2-5,9H,6,11H2,1H3,(H,12,14);1H. The fourth-order valence-electron chi connectivity index (χ4n) is 1.26. The summed E-state index contributed by atoms with van der Waals surface area (Å²) >= 11 is 0. The Kier molecular flexibility index (Phi) is 6.16. The van der Waals surface area contributed by atoms with Gasteiger partial charge >= 0.3 is 0 Å². The molecule has 17 heavy (non-hydrogen) atoms. The normalized spacial score (nSPS) is 11.2. The van der Waals surface area contributed by atoms with Crippen LogP contribution in [0.15, 0.2) is 24.3 Å². The van der Waals surface area contributed by atoms with E-state index in [4.69, 9.17) is 5.73 Å². The lowest BCUT2D eigenvalue weighted by Crippen LogP contribution is -2.24. The number of nitro benzene ring substituents is 1. The van der Waals surface area contributed by atoms with Crippen molar-refractivity contribution in [1.29, 1.82) is 0 Å². The topological polar surface area (TPSA) is 98.3 Å². The number of nitrogens with one attached hydrogen (secondary N) is 1. The Bertz CT molecular complexity index is 394. The number of nitrogens with zero attached hydrogens (tertiary/aromatic N) is 1. The van der Waals surface area contributed by atoms with Crippen LogP contribution in [0.5, 0.6) is 0 Å². The number of non-ortho nitro benzene ring substituents is 1. The minimum absolute atomic E-state index is 0. The van der Waals surface area contributed by atoms with Gasteiger partial charge in [0.1, 0.15) is 0 Å². The lowest BCUT2D eigenvalue weighted by atomic mass is 10.0.